The number of esters is 2. The number of alkyl halides is 6. The van der Waals surface area contributed by atoms with Crippen LogP contribution in [0.25, 0.3) is 0 Å². The van der Waals surface area contributed by atoms with Gasteiger partial charge in [0.15, 0.2) is 12.7 Å². The summed E-state index contributed by atoms with van der Waals surface area (Å²) in [6.45, 7) is -0.751. The van der Waals surface area contributed by atoms with Crippen LogP contribution in [0, 0.1) is 0 Å². The Morgan fingerprint density at radius 3 is 2.21 bits per heavy atom. The van der Waals surface area contributed by atoms with Crippen molar-refractivity contribution >= 4 is 23.5 Å². The van der Waals surface area contributed by atoms with Gasteiger partial charge in [-0.2, -0.15) is 26.3 Å². The van der Waals surface area contributed by atoms with Crippen LogP contribution >= 0.6 is 11.6 Å². The van der Waals surface area contributed by atoms with Crippen LogP contribution in [0.1, 0.15) is 22.8 Å². The number of hydrogen-bond donors (Lipinski definition) is 0. The molecule has 2 aromatic rings. The second-order valence-electron chi connectivity index (χ2n) is 6.38. The van der Waals surface area contributed by atoms with Gasteiger partial charge in [-0.1, -0.05) is 11.6 Å². The zero-order valence-corrected chi connectivity index (χ0v) is 17.6. The summed E-state index contributed by atoms with van der Waals surface area (Å²) in [6, 6.07) is 5.82. The maximum atomic E-state index is 12.8. The van der Waals surface area contributed by atoms with E-state index in [2.05, 4.69) is 9.47 Å². The van der Waals surface area contributed by atoms with Gasteiger partial charge in [-0.25, -0.2) is 9.59 Å². The fourth-order valence-electron chi connectivity index (χ4n) is 2.34. The second kappa shape index (κ2) is 10.2. The molecule has 0 aliphatic rings. The molecule has 0 amide bonds. The van der Waals surface area contributed by atoms with E-state index >= 15 is 0 Å². The number of ether oxygens (including phenoxy) is 4. The molecule has 0 aliphatic heterocycles. The van der Waals surface area contributed by atoms with Crippen LogP contribution in [0.4, 0.5) is 26.3 Å². The molecule has 2 rings (SSSR count). The van der Waals surface area contributed by atoms with Crippen LogP contribution in [0.5, 0.6) is 17.2 Å². The predicted octanol–water partition coefficient (Wildman–Crippen LogP) is 5.81. The van der Waals surface area contributed by atoms with Crippen molar-refractivity contribution in [2.24, 2.45) is 0 Å². The fourth-order valence-corrected chi connectivity index (χ4v) is 2.56. The van der Waals surface area contributed by atoms with Crippen molar-refractivity contribution in [3.8, 4) is 17.2 Å². The van der Waals surface area contributed by atoms with Gasteiger partial charge in [0.05, 0.1) is 17.7 Å². The molecule has 33 heavy (non-hydrogen) atoms. The molecule has 0 fully saturated rings. The van der Waals surface area contributed by atoms with E-state index in [1.165, 1.54) is 6.07 Å². The average Bonchev–Trinajstić information content (AvgIpc) is 2.71. The summed E-state index contributed by atoms with van der Waals surface area (Å²) in [4.78, 5) is 23.7. The summed E-state index contributed by atoms with van der Waals surface area (Å²) < 4.78 is 94.4. The SMILES string of the molecule is COC(=O)c1ccc(Oc2ccc(C(F)(F)F)cc2Cl)cc1OC(C)C(=O)OCC(F)(F)F. The minimum atomic E-state index is -4.75. The zero-order chi connectivity index (χ0) is 25.0. The third-order valence-corrected chi connectivity index (χ3v) is 4.15. The van der Waals surface area contributed by atoms with Gasteiger partial charge in [0.2, 0.25) is 0 Å². The molecule has 0 saturated carbocycles. The first-order valence-electron chi connectivity index (χ1n) is 8.88. The van der Waals surface area contributed by atoms with Gasteiger partial charge in [-0.05, 0) is 37.3 Å². The highest BCUT2D eigenvalue weighted by molar-refractivity contribution is 6.32. The lowest BCUT2D eigenvalue weighted by atomic mass is 10.2. The molecule has 1 unspecified atom stereocenters. The standard InChI is InChI=1S/C20H15ClF6O6/c1-10(17(28)31-9-19(22,23)24)32-16-8-12(4-5-13(16)18(29)30-2)33-15-6-3-11(7-14(15)21)20(25,26)27/h3-8,10H,9H2,1-2H3. The van der Waals surface area contributed by atoms with E-state index < -0.39 is 42.6 Å². The summed E-state index contributed by atoms with van der Waals surface area (Å²) in [6.07, 6.45) is -10.9. The molecule has 0 aliphatic carbocycles. The van der Waals surface area contributed by atoms with Gasteiger partial charge < -0.3 is 18.9 Å². The highest BCUT2D eigenvalue weighted by Gasteiger charge is 2.32. The molecule has 6 nitrogen and oxygen atoms in total. The number of methoxy groups -OCH3 is 1. The third-order valence-electron chi connectivity index (χ3n) is 3.86. The summed E-state index contributed by atoms with van der Waals surface area (Å²) in [7, 11) is 1.06. The van der Waals surface area contributed by atoms with E-state index in [-0.39, 0.29) is 27.8 Å². The highest BCUT2D eigenvalue weighted by atomic mass is 35.5. The van der Waals surface area contributed by atoms with Gasteiger partial charge in [0.1, 0.15) is 22.8 Å². The van der Waals surface area contributed by atoms with Gasteiger partial charge in [-0.3, -0.25) is 0 Å². The molecule has 0 N–H and O–H groups in total. The van der Waals surface area contributed by atoms with Crippen molar-refractivity contribution in [2.45, 2.75) is 25.4 Å². The molecule has 13 heteroatoms. The van der Waals surface area contributed by atoms with E-state index in [1.54, 1.807) is 0 Å². The summed E-state index contributed by atoms with van der Waals surface area (Å²) in [5, 5.41) is -0.367. The van der Waals surface area contributed by atoms with Crippen molar-refractivity contribution in [3.05, 3.63) is 52.5 Å². The Morgan fingerprint density at radius 1 is 1.00 bits per heavy atom. The van der Waals surface area contributed by atoms with E-state index in [1.807, 2.05) is 0 Å². The molecule has 180 valence electrons. The molecule has 2 aromatic carbocycles. The van der Waals surface area contributed by atoms with Gasteiger partial charge >= 0.3 is 24.3 Å². The lowest BCUT2D eigenvalue weighted by molar-refractivity contribution is -0.190. The summed E-state index contributed by atoms with van der Waals surface area (Å²) in [5.41, 5.74) is -1.21. The van der Waals surface area contributed by atoms with Crippen molar-refractivity contribution in [1.82, 2.24) is 0 Å². The lowest BCUT2D eigenvalue weighted by Crippen LogP contribution is -2.30. The van der Waals surface area contributed by atoms with E-state index in [0.29, 0.717) is 6.07 Å². The van der Waals surface area contributed by atoms with Crippen LogP contribution < -0.4 is 9.47 Å². The summed E-state index contributed by atoms with van der Waals surface area (Å²) in [5.74, 6) is -2.83. The molecule has 0 saturated heterocycles. The topological polar surface area (TPSA) is 71.1 Å². The first-order valence-corrected chi connectivity index (χ1v) is 9.26. The number of hydrogen-bond acceptors (Lipinski definition) is 6. The van der Waals surface area contributed by atoms with Gasteiger partial charge in [0.25, 0.3) is 0 Å². The largest absolute Gasteiger partial charge is 0.478 e. The molecule has 1 atom stereocenters. The van der Waals surface area contributed by atoms with Crippen LogP contribution in [-0.2, 0) is 20.4 Å². The first kappa shape index (κ1) is 26.1. The van der Waals surface area contributed by atoms with E-state index in [9.17, 15) is 35.9 Å². The Morgan fingerprint density at radius 2 is 1.67 bits per heavy atom. The average molecular weight is 501 g/mol. The Hall–Kier alpha value is -3.15. The molecule has 0 bridgehead atoms. The van der Waals surface area contributed by atoms with Gasteiger partial charge in [-0.15, -0.1) is 0 Å². The lowest BCUT2D eigenvalue weighted by Gasteiger charge is -2.18. The molecular formula is C20H15ClF6O6. The number of rotatable bonds is 7. The van der Waals surface area contributed by atoms with Crippen molar-refractivity contribution < 1.29 is 54.9 Å². The Kier molecular flexibility index (Phi) is 8.06. The second-order valence-corrected chi connectivity index (χ2v) is 6.78. The Bertz CT molecular complexity index is 1020. The quantitative estimate of drug-likeness (QED) is 0.353. The van der Waals surface area contributed by atoms with Crippen LogP contribution in [0.15, 0.2) is 36.4 Å². The highest BCUT2D eigenvalue weighted by Crippen LogP contribution is 2.37. The number of benzene rings is 2. The van der Waals surface area contributed by atoms with E-state index in [0.717, 1.165) is 38.3 Å². The molecule has 0 spiro atoms. The third kappa shape index (κ3) is 7.45. The van der Waals surface area contributed by atoms with Crippen LogP contribution in [0.3, 0.4) is 0 Å². The maximum Gasteiger partial charge on any atom is 0.422 e. The van der Waals surface area contributed by atoms with Gasteiger partial charge in [0, 0.05) is 6.07 Å². The minimum Gasteiger partial charge on any atom is -0.478 e. The predicted molar refractivity (Wildman–Crippen MR) is 101 cm³/mol. The number of carbonyl (C=O) groups excluding carboxylic acids is 2. The number of carbonyl (C=O) groups is 2. The smallest absolute Gasteiger partial charge is 0.422 e. The van der Waals surface area contributed by atoms with Crippen molar-refractivity contribution in [3.63, 3.8) is 0 Å². The fraction of sp³-hybridized carbons (Fsp3) is 0.300. The normalized spacial score (nSPS) is 12.6. The molecule has 0 radical (unpaired) electrons. The monoisotopic (exact) mass is 500 g/mol. The van der Waals surface area contributed by atoms with Crippen molar-refractivity contribution in [1.29, 1.82) is 0 Å². The number of halogens is 7. The first-order chi connectivity index (χ1) is 15.2. The van der Waals surface area contributed by atoms with Crippen LogP contribution in [-0.4, -0.2) is 37.9 Å². The minimum absolute atomic E-state index is 0.0739. The Labute approximate surface area is 187 Å². The van der Waals surface area contributed by atoms with Crippen LogP contribution in [0.2, 0.25) is 5.02 Å². The molecular weight excluding hydrogens is 486 g/mol. The maximum absolute atomic E-state index is 12.8. The molecule has 0 aromatic heterocycles. The van der Waals surface area contributed by atoms with E-state index in [4.69, 9.17) is 21.1 Å². The Balaban J connectivity index is 2.28. The van der Waals surface area contributed by atoms with Crippen molar-refractivity contribution in [2.75, 3.05) is 13.7 Å². The summed E-state index contributed by atoms with van der Waals surface area (Å²) >= 11 is 5.84. The zero-order valence-electron chi connectivity index (χ0n) is 16.8. The molecule has 0 heterocycles.